The lowest BCUT2D eigenvalue weighted by molar-refractivity contribution is -0.140. The van der Waals surface area contributed by atoms with Crippen LogP contribution < -0.4 is 24.8 Å². The highest BCUT2D eigenvalue weighted by molar-refractivity contribution is 7.80. The van der Waals surface area contributed by atoms with E-state index in [2.05, 4.69) is 15.4 Å². The van der Waals surface area contributed by atoms with E-state index in [1.165, 1.54) is 7.11 Å². The minimum Gasteiger partial charge on any atom is -0.493 e. The van der Waals surface area contributed by atoms with E-state index in [9.17, 15) is 4.79 Å². The molecule has 23 heavy (non-hydrogen) atoms. The summed E-state index contributed by atoms with van der Waals surface area (Å²) in [6, 6.07) is 3.51. The van der Waals surface area contributed by atoms with E-state index in [1.807, 2.05) is 0 Å². The van der Waals surface area contributed by atoms with Crippen molar-refractivity contribution in [2.75, 3.05) is 40.3 Å². The van der Waals surface area contributed by atoms with E-state index in [0.29, 0.717) is 47.4 Å². The molecule has 1 aromatic rings. The Morgan fingerprint density at radius 1 is 1.09 bits per heavy atom. The van der Waals surface area contributed by atoms with Crippen LogP contribution in [0, 0.1) is 0 Å². The van der Waals surface area contributed by atoms with Crippen LogP contribution >= 0.6 is 12.2 Å². The Balaban J connectivity index is 2.62. The Bertz CT molecular complexity index is 526. The molecule has 0 radical (unpaired) electrons. The first-order valence-corrected chi connectivity index (χ1v) is 7.38. The lowest BCUT2D eigenvalue weighted by Crippen LogP contribution is -2.29. The number of esters is 1. The normalized spacial score (nSPS) is 9.74. The predicted molar refractivity (Wildman–Crippen MR) is 91.6 cm³/mol. The lowest BCUT2D eigenvalue weighted by Gasteiger charge is -2.16. The van der Waals surface area contributed by atoms with Gasteiger partial charge in [-0.25, -0.2) is 0 Å². The SMILES string of the molecule is COC(=O)CCCNC(=S)Nc1cc(OC)c(OC)c(OC)c1. The van der Waals surface area contributed by atoms with Crippen molar-refractivity contribution in [3.05, 3.63) is 12.1 Å². The zero-order valence-corrected chi connectivity index (χ0v) is 14.5. The van der Waals surface area contributed by atoms with Gasteiger partial charge in [0.05, 0.1) is 28.4 Å². The fraction of sp³-hybridized carbons (Fsp3) is 0.467. The molecule has 0 unspecified atom stereocenters. The predicted octanol–water partition coefficient (Wildman–Crippen LogP) is 1.95. The van der Waals surface area contributed by atoms with Crippen LogP contribution in [0.2, 0.25) is 0 Å². The van der Waals surface area contributed by atoms with Crippen molar-refractivity contribution >= 4 is 29.0 Å². The summed E-state index contributed by atoms with van der Waals surface area (Å²) in [6.07, 6.45) is 0.972. The second-order valence-corrected chi connectivity index (χ2v) is 4.88. The Morgan fingerprint density at radius 2 is 1.70 bits per heavy atom. The Morgan fingerprint density at radius 3 is 2.17 bits per heavy atom. The van der Waals surface area contributed by atoms with Crippen LogP contribution in [0.5, 0.6) is 17.2 Å². The Kier molecular flexibility index (Phi) is 7.96. The number of nitrogens with one attached hydrogen (secondary N) is 2. The maximum absolute atomic E-state index is 11.0. The maximum atomic E-state index is 11.0. The van der Waals surface area contributed by atoms with Crippen LogP contribution in [0.4, 0.5) is 5.69 Å². The highest BCUT2D eigenvalue weighted by atomic mass is 32.1. The first kappa shape index (κ1) is 18.8. The minimum atomic E-state index is -0.240. The Hall–Kier alpha value is -2.22. The summed E-state index contributed by atoms with van der Waals surface area (Å²) in [5, 5.41) is 6.48. The standard InChI is InChI=1S/C15H22N2O5S/c1-19-11-8-10(9-12(20-2)14(11)22-4)17-15(23)16-7-5-6-13(18)21-3/h8-9H,5-7H2,1-4H3,(H2,16,17,23). The monoisotopic (exact) mass is 342 g/mol. The van der Waals surface area contributed by atoms with Gasteiger partial charge in [-0.2, -0.15) is 0 Å². The lowest BCUT2D eigenvalue weighted by atomic mass is 10.2. The average Bonchev–Trinajstić information content (AvgIpc) is 2.57. The van der Waals surface area contributed by atoms with Crippen LogP contribution in [-0.4, -0.2) is 46.1 Å². The van der Waals surface area contributed by atoms with Crippen LogP contribution in [0.1, 0.15) is 12.8 Å². The molecule has 0 aromatic heterocycles. The molecule has 0 atom stereocenters. The van der Waals surface area contributed by atoms with Crippen molar-refractivity contribution in [2.24, 2.45) is 0 Å². The van der Waals surface area contributed by atoms with Crippen molar-refractivity contribution < 1.29 is 23.7 Å². The number of hydrogen-bond donors (Lipinski definition) is 2. The number of hydrogen-bond acceptors (Lipinski definition) is 6. The number of anilines is 1. The summed E-state index contributed by atoms with van der Waals surface area (Å²) in [7, 11) is 6.00. The summed E-state index contributed by atoms with van der Waals surface area (Å²) >= 11 is 5.21. The van der Waals surface area contributed by atoms with E-state index in [-0.39, 0.29) is 5.97 Å². The van der Waals surface area contributed by atoms with Gasteiger partial charge in [-0.1, -0.05) is 0 Å². The van der Waals surface area contributed by atoms with E-state index < -0.39 is 0 Å². The largest absolute Gasteiger partial charge is 0.493 e. The molecule has 1 rings (SSSR count). The molecule has 0 saturated carbocycles. The third-order valence-electron chi connectivity index (χ3n) is 2.99. The van der Waals surface area contributed by atoms with Gasteiger partial charge in [0.25, 0.3) is 0 Å². The minimum absolute atomic E-state index is 0.240. The van der Waals surface area contributed by atoms with Crippen molar-refractivity contribution in [2.45, 2.75) is 12.8 Å². The van der Waals surface area contributed by atoms with Gasteiger partial charge in [0.1, 0.15) is 0 Å². The molecule has 2 N–H and O–H groups in total. The van der Waals surface area contributed by atoms with Crippen LogP contribution in [0.3, 0.4) is 0 Å². The number of methoxy groups -OCH3 is 4. The quantitative estimate of drug-likeness (QED) is 0.422. The molecule has 0 aliphatic carbocycles. The van der Waals surface area contributed by atoms with Gasteiger partial charge < -0.3 is 29.6 Å². The van der Waals surface area contributed by atoms with E-state index in [1.54, 1.807) is 33.5 Å². The zero-order valence-electron chi connectivity index (χ0n) is 13.7. The molecule has 0 aliphatic rings. The molecule has 128 valence electrons. The van der Waals surface area contributed by atoms with Gasteiger partial charge in [0, 0.05) is 30.8 Å². The first-order chi connectivity index (χ1) is 11.0. The van der Waals surface area contributed by atoms with Crippen molar-refractivity contribution in [3.8, 4) is 17.2 Å². The highest BCUT2D eigenvalue weighted by Gasteiger charge is 2.13. The number of benzene rings is 1. The summed E-state index contributed by atoms with van der Waals surface area (Å²) < 4.78 is 20.4. The molecular formula is C15H22N2O5S. The molecular weight excluding hydrogens is 320 g/mol. The van der Waals surface area contributed by atoms with E-state index >= 15 is 0 Å². The maximum Gasteiger partial charge on any atom is 0.305 e. The van der Waals surface area contributed by atoms with Gasteiger partial charge in [-0.15, -0.1) is 0 Å². The second kappa shape index (κ2) is 9.73. The second-order valence-electron chi connectivity index (χ2n) is 4.47. The van der Waals surface area contributed by atoms with Gasteiger partial charge >= 0.3 is 5.97 Å². The zero-order chi connectivity index (χ0) is 17.2. The first-order valence-electron chi connectivity index (χ1n) is 6.97. The molecule has 8 heteroatoms. The number of carbonyl (C=O) groups excluding carboxylic acids is 1. The molecule has 0 saturated heterocycles. The van der Waals surface area contributed by atoms with Crippen molar-refractivity contribution in [1.29, 1.82) is 0 Å². The smallest absolute Gasteiger partial charge is 0.305 e. The topological polar surface area (TPSA) is 78.1 Å². The van der Waals surface area contributed by atoms with Crippen LogP contribution in [0.15, 0.2) is 12.1 Å². The fourth-order valence-corrected chi connectivity index (χ4v) is 2.09. The number of carbonyl (C=O) groups is 1. The Labute approximate surface area is 141 Å². The van der Waals surface area contributed by atoms with Crippen molar-refractivity contribution in [1.82, 2.24) is 5.32 Å². The third kappa shape index (κ3) is 5.82. The van der Waals surface area contributed by atoms with E-state index in [0.717, 1.165) is 0 Å². The molecule has 0 aliphatic heterocycles. The third-order valence-corrected chi connectivity index (χ3v) is 3.24. The van der Waals surface area contributed by atoms with Gasteiger partial charge in [-0.05, 0) is 18.6 Å². The van der Waals surface area contributed by atoms with Gasteiger partial charge in [-0.3, -0.25) is 4.79 Å². The van der Waals surface area contributed by atoms with Crippen LogP contribution in [0.25, 0.3) is 0 Å². The number of rotatable bonds is 8. The number of ether oxygens (including phenoxy) is 4. The molecule has 7 nitrogen and oxygen atoms in total. The van der Waals surface area contributed by atoms with E-state index in [4.69, 9.17) is 26.4 Å². The summed E-state index contributed by atoms with van der Waals surface area (Å²) in [6.45, 7) is 0.561. The highest BCUT2D eigenvalue weighted by Crippen LogP contribution is 2.39. The summed E-state index contributed by atoms with van der Waals surface area (Å²) in [5.74, 6) is 1.33. The molecule has 0 fully saturated rings. The van der Waals surface area contributed by atoms with Gasteiger partial charge in [0.15, 0.2) is 16.6 Å². The molecule has 0 amide bonds. The average molecular weight is 342 g/mol. The summed E-state index contributed by atoms with van der Waals surface area (Å²) in [4.78, 5) is 11.0. The molecule has 1 aromatic carbocycles. The van der Waals surface area contributed by atoms with Crippen LogP contribution in [-0.2, 0) is 9.53 Å². The molecule has 0 bridgehead atoms. The summed E-state index contributed by atoms with van der Waals surface area (Å²) in [5.41, 5.74) is 0.699. The molecule has 0 spiro atoms. The van der Waals surface area contributed by atoms with Crippen molar-refractivity contribution in [3.63, 3.8) is 0 Å². The fourth-order valence-electron chi connectivity index (χ4n) is 1.87. The van der Waals surface area contributed by atoms with Gasteiger partial charge in [0.2, 0.25) is 5.75 Å². The molecule has 0 heterocycles. The number of thiocarbonyl (C=S) groups is 1.